The van der Waals surface area contributed by atoms with Gasteiger partial charge >= 0.3 is 0 Å². The lowest BCUT2D eigenvalue weighted by atomic mass is 10.0. The Morgan fingerprint density at radius 1 is 1.17 bits per heavy atom. The van der Waals surface area contributed by atoms with Crippen LogP contribution >= 0.6 is 24.8 Å². The van der Waals surface area contributed by atoms with E-state index in [2.05, 4.69) is 25.2 Å². The predicted octanol–water partition coefficient (Wildman–Crippen LogP) is 2.55. The van der Waals surface area contributed by atoms with Gasteiger partial charge in [0.1, 0.15) is 19.0 Å². The van der Waals surface area contributed by atoms with Gasteiger partial charge in [-0.25, -0.2) is 9.37 Å². The lowest BCUT2D eigenvalue weighted by molar-refractivity contribution is 0.0402. The summed E-state index contributed by atoms with van der Waals surface area (Å²) in [5, 5.41) is 14.1. The highest BCUT2D eigenvalue weighted by molar-refractivity contribution is 5.85. The number of hydrogen-bond acceptors (Lipinski definition) is 9. The number of aliphatic hydroxyl groups is 1. The van der Waals surface area contributed by atoms with E-state index in [0.717, 1.165) is 18.7 Å². The molecule has 5 heterocycles. The lowest BCUT2D eigenvalue weighted by Crippen LogP contribution is -2.52. The van der Waals surface area contributed by atoms with Crippen molar-refractivity contribution >= 4 is 35.8 Å². The molecule has 0 saturated carbocycles. The second kappa shape index (κ2) is 12.6. The molecular formula is C24H30Cl2FN5O4. The summed E-state index contributed by atoms with van der Waals surface area (Å²) in [5.74, 6) is 1.42. The number of methoxy groups -OCH3 is 1. The normalized spacial score (nSPS) is 19.3. The largest absolute Gasteiger partial charge is 0.486 e. The molecule has 1 saturated heterocycles. The molecule has 5 rings (SSSR count). The fraction of sp³-hybridized carbons (Fsp3) is 0.458. The molecule has 0 radical (unpaired) electrons. The Morgan fingerprint density at radius 3 is 2.75 bits per heavy atom. The summed E-state index contributed by atoms with van der Waals surface area (Å²) < 4.78 is 30.9. The number of nitrogens with one attached hydrogen (secondary N) is 1. The number of fused-ring (bicyclic) bond motifs is 2. The van der Waals surface area contributed by atoms with Gasteiger partial charge in [-0.15, -0.1) is 24.8 Å². The molecule has 0 spiro atoms. The van der Waals surface area contributed by atoms with E-state index in [9.17, 15) is 9.50 Å². The van der Waals surface area contributed by atoms with Gasteiger partial charge in [-0.1, -0.05) is 0 Å². The highest BCUT2D eigenvalue weighted by atomic mass is 35.5. The summed E-state index contributed by atoms with van der Waals surface area (Å²) in [4.78, 5) is 15.1. The van der Waals surface area contributed by atoms with Crippen LogP contribution in [0.5, 0.6) is 17.4 Å². The Morgan fingerprint density at radius 2 is 1.97 bits per heavy atom. The van der Waals surface area contributed by atoms with Gasteiger partial charge in [0.15, 0.2) is 11.5 Å². The minimum atomic E-state index is -0.539. The summed E-state index contributed by atoms with van der Waals surface area (Å²) in [6.07, 6.45) is 3.62. The molecular weight excluding hydrogens is 512 g/mol. The van der Waals surface area contributed by atoms with Crippen LogP contribution in [0, 0.1) is 5.82 Å². The maximum Gasteiger partial charge on any atom is 0.213 e. The molecule has 2 N–H and O–H groups in total. The summed E-state index contributed by atoms with van der Waals surface area (Å²) in [5.41, 5.74) is 2.50. The summed E-state index contributed by atoms with van der Waals surface area (Å²) >= 11 is 0. The molecule has 36 heavy (non-hydrogen) atoms. The fourth-order valence-electron chi connectivity index (χ4n) is 4.46. The third-order valence-electron chi connectivity index (χ3n) is 6.32. The van der Waals surface area contributed by atoms with Gasteiger partial charge < -0.3 is 29.5 Å². The number of halogens is 3. The summed E-state index contributed by atoms with van der Waals surface area (Å²) in [7, 11) is 1.53. The number of aliphatic hydroxyl groups excluding tert-OH is 1. The molecule has 0 amide bonds. The highest BCUT2D eigenvalue weighted by Gasteiger charge is 2.27. The molecule has 2 aliphatic rings. The van der Waals surface area contributed by atoms with Crippen molar-refractivity contribution in [1.29, 1.82) is 0 Å². The first-order chi connectivity index (χ1) is 16.6. The number of β-amino-alcohol motifs (C(OH)–C–C–N with tert-alkyl or cyclic N) is 1. The number of nitrogens with zero attached hydrogens (tertiary/aromatic N) is 4. The Bertz CT molecular complexity index is 1170. The van der Waals surface area contributed by atoms with E-state index in [4.69, 9.17) is 14.2 Å². The average molecular weight is 542 g/mol. The maximum atomic E-state index is 14.6. The van der Waals surface area contributed by atoms with Crippen molar-refractivity contribution in [3.8, 4) is 17.4 Å². The Balaban J connectivity index is 0.00000180. The smallest absolute Gasteiger partial charge is 0.213 e. The van der Waals surface area contributed by atoms with E-state index in [1.165, 1.54) is 13.3 Å². The Labute approximate surface area is 221 Å². The number of piperidine rings is 1. The van der Waals surface area contributed by atoms with Gasteiger partial charge in [0.05, 0.1) is 42.3 Å². The average Bonchev–Trinajstić information content (AvgIpc) is 2.87. The number of likely N-dealkylation sites (tertiary alicyclic amines) is 1. The van der Waals surface area contributed by atoms with E-state index in [1.807, 2.05) is 6.07 Å². The molecule has 3 aromatic rings. The summed E-state index contributed by atoms with van der Waals surface area (Å²) in [6.45, 7) is 3.51. The minimum absolute atomic E-state index is 0. The van der Waals surface area contributed by atoms with Crippen molar-refractivity contribution in [2.24, 2.45) is 0 Å². The van der Waals surface area contributed by atoms with Gasteiger partial charge in [-0.2, -0.15) is 0 Å². The van der Waals surface area contributed by atoms with Crippen molar-refractivity contribution in [3.63, 3.8) is 0 Å². The van der Waals surface area contributed by atoms with Crippen LogP contribution in [0.1, 0.15) is 17.7 Å². The van der Waals surface area contributed by atoms with E-state index < -0.39 is 6.10 Å². The summed E-state index contributed by atoms with van der Waals surface area (Å²) in [6, 6.07) is 5.32. The zero-order chi connectivity index (χ0) is 23.5. The quantitative estimate of drug-likeness (QED) is 0.467. The standard InChI is InChI=1S/C24H28FN5O4.2ClH/c1-32-23-3-2-19-24(29-23)16(17(25)12-28-19)4-6-30-7-5-18(20(31)14-30)27-11-15-10-21-22(13-26-15)34-9-8-33-21;;/h2-3,10,12-13,18,20,27,31H,4-9,11,14H2,1H3;2*1H/t18-,20-;;/m0../s1. The SMILES string of the molecule is COc1ccc2ncc(F)c(CCN3CC[C@H](NCc4cc5c(cn4)OCCO5)[C@@H](O)C3)c2n1.Cl.Cl. The van der Waals surface area contributed by atoms with Crippen LogP contribution in [0.15, 0.2) is 30.6 Å². The van der Waals surface area contributed by atoms with Crippen molar-refractivity contribution in [3.05, 3.63) is 47.7 Å². The minimum Gasteiger partial charge on any atom is -0.486 e. The highest BCUT2D eigenvalue weighted by Crippen LogP contribution is 2.29. The predicted molar refractivity (Wildman–Crippen MR) is 137 cm³/mol. The van der Waals surface area contributed by atoms with E-state index >= 15 is 0 Å². The van der Waals surface area contributed by atoms with Crippen LogP contribution in [0.25, 0.3) is 11.0 Å². The van der Waals surface area contributed by atoms with Crippen molar-refractivity contribution in [2.45, 2.75) is 31.5 Å². The van der Waals surface area contributed by atoms with E-state index in [1.54, 1.807) is 18.3 Å². The second-order valence-electron chi connectivity index (χ2n) is 8.52. The molecule has 9 nitrogen and oxygen atoms in total. The number of rotatable bonds is 7. The van der Waals surface area contributed by atoms with Crippen LogP contribution < -0.4 is 19.5 Å². The van der Waals surface area contributed by atoms with Gasteiger partial charge in [-0.05, 0) is 25.5 Å². The first-order valence-electron chi connectivity index (χ1n) is 11.5. The van der Waals surface area contributed by atoms with Gasteiger partial charge in [0.2, 0.25) is 5.88 Å². The number of hydrogen-bond donors (Lipinski definition) is 2. The number of pyridine rings is 3. The van der Waals surface area contributed by atoms with E-state index in [0.29, 0.717) is 73.2 Å². The van der Waals surface area contributed by atoms with Crippen molar-refractivity contribution < 1.29 is 23.7 Å². The monoisotopic (exact) mass is 541 g/mol. The van der Waals surface area contributed by atoms with Crippen LogP contribution in [-0.4, -0.2) is 77.1 Å². The zero-order valence-corrected chi connectivity index (χ0v) is 21.5. The zero-order valence-electron chi connectivity index (χ0n) is 19.9. The van der Waals surface area contributed by atoms with Gasteiger partial charge in [0.25, 0.3) is 0 Å². The molecule has 0 aromatic carbocycles. The van der Waals surface area contributed by atoms with Gasteiger partial charge in [-0.3, -0.25) is 9.97 Å². The van der Waals surface area contributed by atoms with Gasteiger partial charge in [0, 0.05) is 43.4 Å². The third kappa shape index (κ3) is 6.24. The second-order valence-corrected chi connectivity index (χ2v) is 8.52. The Kier molecular flexibility index (Phi) is 9.86. The molecule has 1 fully saturated rings. The number of aromatic nitrogens is 3. The van der Waals surface area contributed by atoms with Crippen molar-refractivity contribution in [2.75, 3.05) is 40.0 Å². The van der Waals surface area contributed by atoms with Crippen LogP contribution in [0.4, 0.5) is 4.39 Å². The van der Waals surface area contributed by atoms with E-state index in [-0.39, 0.29) is 36.7 Å². The molecule has 196 valence electrons. The van der Waals surface area contributed by atoms with Crippen LogP contribution in [-0.2, 0) is 13.0 Å². The lowest BCUT2D eigenvalue weighted by Gasteiger charge is -2.36. The number of ether oxygens (including phenoxy) is 3. The van der Waals surface area contributed by atoms with Crippen LogP contribution in [0.3, 0.4) is 0 Å². The molecule has 0 aliphatic carbocycles. The molecule has 0 bridgehead atoms. The maximum absolute atomic E-state index is 14.6. The van der Waals surface area contributed by atoms with Crippen LogP contribution in [0.2, 0.25) is 0 Å². The molecule has 2 atom stereocenters. The topological polar surface area (TPSA) is 102 Å². The molecule has 3 aromatic heterocycles. The Hall–Kier alpha value is -2.50. The fourth-order valence-corrected chi connectivity index (χ4v) is 4.46. The molecule has 12 heteroatoms. The molecule has 0 unspecified atom stereocenters. The first-order valence-corrected chi connectivity index (χ1v) is 11.5. The first kappa shape index (κ1) is 28.1. The molecule has 2 aliphatic heterocycles. The third-order valence-corrected chi connectivity index (χ3v) is 6.32. The van der Waals surface area contributed by atoms with Crippen molar-refractivity contribution in [1.82, 2.24) is 25.2 Å².